The van der Waals surface area contributed by atoms with Gasteiger partial charge in [-0.25, -0.2) is 0 Å². The fourth-order valence-electron chi connectivity index (χ4n) is 2.28. The number of methoxy groups -OCH3 is 1. The first-order valence-corrected chi connectivity index (χ1v) is 7.17. The molecule has 1 aromatic rings. The van der Waals surface area contributed by atoms with E-state index in [1.165, 1.54) is 0 Å². The van der Waals surface area contributed by atoms with E-state index in [9.17, 15) is 4.79 Å². The van der Waals surface area contributed by atoms with Crippen molar-refractivity contribution in [3.63, 3.8) is 0 Å². The molecule has 112 valence electrons. The van der Waals surface area contributed by atoms with Gasteiger partial charge in [0.25, 0.3) is 0 Å². The number of carbonyl (C=O) groups excluding carboxylic acids is 1. The summed E-state index contributed by atoms with van der Waals surface area (Å²) in [6.45, 7) is 6.05. The highest BCUT2D eigenvalue weighted by Crippen LogP contribution is 2.26. The maximum Gasteiger partial charge on any atom is 0.222 e. The predicted molar refractivity (Wildman–Crippen MR) is 81.8 cm³/mol. The highest BCUT2D eigenvalue weighted by atomic mass is 16.5. The van der Waals surface area contributed by atoms with Gasteiger partial charge in [-0.1, -0.05) is 31.0 Å². The van der Waals surface area contributed by atoms with Gasteiger partial charge in [-0.05, 0) is 26.3 Å². The van der Waals surface area contributed by atoms with Crippen LogP contribution in [-0.2, 0) is 4.79 Å². The van der Waals surface area contributed by atoms with Crippen LogP contribution in [0.2, 0.25) is 0 Å². The number of aryl methyl sites for hydroxylation is 1. The molecule has 4 nitrogen and oxygen atoms in total. The first-order chi connectivity index (χ1) is 9.47. The number of carbonyl (C=O) groups is 1. The Balaban J connectivity index is 2.68. The van der Waals surface area contributed by atoms with Crippen LogP contribution in [0.4, 0.5) is 0 Å². The van der Waals surface area contributed by atoms with Gasteiger partial charge in [0, 0.05) is 18.0 Å². The zero-order valence-corrected chi connectivity index (χ0v) is 12.9. The predicted octanol–water partition coefficient (Wildman–Crippen LogP) is 2.70. The summed E-state index contributed by atoms with van der Waals surface area (Å²) in [5, 5.41) is 2.99. The summed E-state index contributed by atoms with van der Waals surface area (Å²) < 4.78 is 5.35. The molecule has 0 aliphatic heterocycles. The van der Waals surface area contributed by atoms with Crippen LogP contribution in [0.1, 0.15) is 50.3 Å². The Morgan fingerprint density at radius 3 is 2.75 bits per heavy atom. The average Bonchev–Trinajstić information content (AvgIpc) is 2.38. The molecule has 4 heteroatoms. The lowest BCUT2D eigenvalue weighted by Crippen LogP contribution is -2.33. The normalized spacial score (nSPS) is 13.7. The summed E-state index contributed by atoms with van der Waals surface area (Å²) in [7, 11) is 1.64. The van der Waals surface area contributed by atoms with Crippen LogP contribution >= 0.6 is 0 Å². The van der Waals surface area contributed by atoms with E-state index in [1.54, 1.807) is 7.11 Å². The lowest BCUT2D eigenvalue weighted by molar-refractivity contribution is -0.122. The molecule has 0 bridgehead atoms. The van der Waals surface area contributed by atoms with E-state index >= 15 is 0 Å². The van der Waals surface area contributed by atoms with E-state index in [1.807, 2.05) is 32.0 Å². The van der Waals surface area contributed by atoms with Crippen LogP contribution in [0.3, 0.4) is 0 Å². The molecule has 2 atom stereocenters. The number of hydrogen-bond acceptors (Lipinski definition) is 3. The van der Waals surface area contributed by atoms with Crippen LogP contribution in [-0.4, -0.2) is 19.1 Å². The number of benzene rings is 1. The van der Waals surface area contributed by atoms with Gasteiger partial charge < -0.3 is 15.8 Å². The zero-order chi connectivity index (χ0) is 15.1. The first kappa shape index (κ1) is 16.5. The number of nitrogens with two attached hydrogens (primary N) is 1. The molecular weight excluding hydrogens is 252 g/mol. The van der Waals surface area contributed by atoms with Gasteiger partial charge in [-0.2, -0.15) is 0 Å². The summed E-state index contributed by atoms with van der Waals surface area (Å²) in [5.74, 6) is 0.781. The number of amides is 1. The second-order valence-electron chi connectivity index (χ2n) is 5.29. The molecule has 0 aromatic heterocycles. The lowest BCUT2D eigenvalue weighted by atomic mass is 10.0. The summed E-state index contributed by atoms with van der Waals surface area (Å²) >= 11 is 0. The third kappa shape index (κ3) is 4.85. The SMILES string of the molecule is CCCC(N)CC(=O)NC(C)c1cc(C)ccc1OC. The van der Waals surface area contributed by atoms with Crippen molar-refractivity contribution in [1.82, 2.24) is 5.32 Å². The monoisotopic (exact) mass is 278 g/mol. The fraction of sp³-hybridized carbons (Fsp3) is 0.562. The maximum atomic E-state index is 12.0. The Hall–Kier alpha value is -1.55. The Morgan fingerprint density at radius 1 is 1.45 bits per heavy atom. The molecule has 0 aliphatic carbocycles. The van der Waals surface area contributed by atoms with Gasteiger partial charge in [0.05, 0.1) is 13.2 Å². The van der Waals surface area contributed by atoms with Crippen LogP contribution in [0.25, 0.3) is 0 Å². The maximum absolute atomic E-state index is 12.0. The van der Waals surface area contributed by atoms with E-state index < -0.39 is 0 Å². The average molecular weight is 278 g/mol. The second-order valence-corrected chi connectivity index (χ2v) is 5.29. The van der Waals surface area contributed by atoms with Gasteiger partial charge in [0.1, 0.15) is 5.75 Å². The van der Waals surface area contributed by atoms with Gasteiger partial charge in [-0.15, -0.1) is 0 Å². The molecule has 0 saturated carbocycles. The molecule has 0 spiro atoms. The minimum absolute atomic E-state index is 0.0120. The van der Waals surface area contributed by atoms with E-state index in [2.05, 4.69) is 12.2 Å². The first-order valence-electron chi connectivity index (χ1n) is 7.17. The number of hydrogen-bond donors (Lipinski definition) is 2. The Kier molecular flexibility index (Phi) is 6.52. The molecule has 0 heterocycles. The molecule has 0 aliphatic rings. The highest BCUT2D eigenvalue weighted by molar-refractivity contribution is 5.77. The Bertz CT molecular complexity index is 446. The van der Waals surface area contributed by atoms with E-state index in [0.29, 0.717) is 6.42 Å². The number of rotatable bonds is 7. The molecule has 3 N–H and O–H groups in total. The van der Waals surface area contributed by atoms with Crippen molar-refractivity contribution in [2.24, 2.45) is 5.73 Å². The standard InChI is InChI=1S/C16H26N2O2/c1-5-6-13(17)10-16(19)18-12(3)14-9-11(2)7-8-15(14)20-4/h7-9,12-13H,5-6,10,17H2,1-4H3,(H,18,19). The summed E-state index contributed by atoms with van der Waals surface area (Å²) in [5.41, 5.74) is 8.03. The number of nitrogens with one attached hydrogen (secondary N) is 1. The van der Waals surface area contributed by atoms with Crippen molar-refractivity contribution in [2.75, 3.05) is 7.11 Å². The molecule has 0 radical (unpaired) electrons. The fourth-order valence-corrected chi connectivity index (χ4v) is 2.28. The smallest absolute Gasteiger partial charge is 0.222 e. The zero-order valence-electron chi connectivity index (χ0n) is 12.9. The lowest BCUT2D eigenvalue weighted by Gasteiger charge is -2.19. The summed E-state index contributed by atoms with van der Waals surface area (Å²) in [6, 6.07) is 5.80. The van der Waals surface area contributed by atoms with Crippen molar-refractivity contribution in [3.05, 3.63) is 29.3 Å². The van der Waals surface area contributed by atoms with E-state index in [4.69, 9.17) is 10.5 Å². The highest BCUT2D eigenvalue weighted by Gasteiger charge is 2.16. The molecule has 0 fully saturated rings. The molecule has 1 amide bonds. The van der Waals surface area contributed by atoms with Crippen molar-refractivity contribution in [3.8, 4) is 5.75 Å². The second kappa shape index (κ2) is 7.90. The molecule has 0 saturated heterocycles. The minimum Gasteiger partial charge on any atom is -0.496 e. The van der Waals surface area contributed by atoms with Gasteiger partial charge in [0.2, 0.25) is 5.91 Å². The number of ether oxygens (including phenoxy) is 1. The summed E-state index contributed by atoms with van der Waals surface area (Å²) in [4.78, 5) is 12.0. The molecule has 1 aromatic carbocycles. The van der Waals surface area contributed by atoms with Gasteiger partial charge >= 0.3 is 0 Å². The topological polar surface area (TPSA) is 64.4 Å². The van der Waals surface area contributed by atoms with Crippen molar-refractivity contribution < 1.29 is 9.53 Å². The van der Waals surface area contributed by atoms with Crippen LogP contribution in [0.15, 0.2) is 18.2 Å². The molecule has 1 rings (SSSR count). The van der Waals surface area contributed by atoms with Gasteiger partial charge in [-0.3, -0.25) is 4.79 Å². The quantitative estimate of drug-likeness (QED) is 0.806. The molecular formula is C16H26N2O2. The molecule has 20 heavy (non-hydrogen) atoms. The van der Waals surface area contributed by atoms with Crippen LogP contribution in [0.5, 0.6) is 5.75 Å². The Morgan fingerprint density at radius 2 is 2.15 bits per heavy atom. The third-order valence-corrected chi connectivity index (χ3v) is 3.34. The van der Waals surface area contributed by atoms with Crippen LogP contribution < -0.4 is 15.8 Å². The van der Waals surface area contributed by atoms with E-state index in [-0.39, 0.29) is 18.0 Å². The summed E-state index contributed by atoms with van der Waals surface area (Å²) in [6.07, 6.45) is 2.23. The minimum atomic E-state index is -0.0915. The van der Waals surface area contributed by atoms with Gasteiger partial charge in [0.15, 0.2) is 0 Å². The van der Waals surface area contributed by atoms with Crippen molar-refractivity contribution in [2.45, 2.75) is 52.1 Å². The third-order valence-electron chi connectivity index (χ3n) is 3.34. The molecule has 2 unspecified atom stereocenters. The van der Waals surface area contributed by atoms with E-state index in [0.717, 1.165) is 29.7 Å². The Labute approximate surface area is 121 Å². The van der Waals surface area contributed by atoms with Crippen molar-refractivity contribution >= 4 is 5.91 Å². The van der Waals surface area contributed by atoms with Crippen LogP contribution in [0, 0.1) is 6.92 Å². The van der Waals surface area contributed by atoms with Crippen molar-refractivity contribution in [1.29, 1.82) is 0 Å². The largest absolute Gasteiger partial charge is 0.496 e.